The first-order valence-electron chi connectivity index (χ1n) is 10.1. The Hall–Kier alpha value is -1.89. The molecular weight excluding hydrogens is 457 g/mol. The van der Waals surface area contributed by atoms with Gasteiger partial charge in [0, 0.05) is 50.5 Å². The van der Waals surface area contributed by atoms with E-state index < -0.39 is 0 Å². The predicted octanol–water partition coefficient (Wildman–Crippen LogP) is 4.59. The number of aromatic amines is 1. The minimum Gasteiger partial charge on any atom is -0.395 e. The summed E-state index contributed by atoms with van der Waals surface area (Å²) < 4.78 is 0. The zero-order chi connectivity index (χ0) is 22.0. The van der Waals surface area contributed by atoms with Crippen LogP contribution >= 0.6 is 34.8 Å². The number of hydrogen-bond donors (Lipinski definition) is 3. The van der Waals surface area contributed by atoms with Gasteiger partial charge >= 0.3 is 0 Å². The van der Waals surface area contributed by atoms with Gasteiger partial charge in [0.1, 0.15) is 0 Å². The van der Waals surface area contributed by atoms with Crippen molar-refractivity contribution in [2.24, 2.45) is 4.99 Å². The number of H-pyrrole nitrogens is 1. The molecule has 4 rings (SSSR count). The summed E-state index contributed by atoms with van der Waals surface area (Å²) in [5.74, 6) is 0.0711. The normalized spacial score (nSPS) is 17.3. The first kappa shape index (κ1) is 22.3. The van der Waals surface area contributed by atoms with Gasteiger partial charge in [0.15, 0.2) is 5.43 Å². The van der Waals surface area contributed by atoms with E-state index in [1.165, 1.54) is 0 Å². The van der Waals surface area contributed by atoms with E-state index in [0.29, 0.717) is 58.5 Å². The lowest BCUT2D eigenvalue weighted by Crippen LogP contribution is -2.29. The molecule has 0 fully saturated rings. The Kier molecular flexibility index (Phi) is 6.99. The molecule has 0 saturated carbocycles. The Morgan fingerprint density at radius 2 is 1.84 bits per heavy atom. The summed E-state index contributed by atoms with van der Waals surface area (Å²) in [6.07, 6.45) is 1.25. The largest absolute Gasteiger partial charge is 0.395 e. The van der Waals surface area contributed by atoms with Gasteiger partial charge in [0.05, 0.1) is 18.7 Å². The van der Waals surface area contributed by atoms with E-state index in [-0.39, 0.29) is 18.0 Å². The van der Waals surface area contributed by atoms with Crippen molar-refractivity contribution >= 4 is 51.4 Å². The van der Waals surface area contributed by atoms with Crippen LogP contribution in [0.15, 0.2) is 46.2 Å². The lowest BCUT2D eigenvalue weighted by molar-refractivity contribution is 0.293. The molecule has 0 saturated heterocycles. The number of benzene rings is 2. The Bertz CT molecular complexity index is 1210. The summed E-state index contributed by atoms with van der Waals surface area (Å²) in [5, 5.41) is 14.3. The molecule has 1 aromatic heterocycles. The highest BCUT2D eigenvalue weighted by Crippen LogP contribution is 2.36. The Balaban J connectivity index is 1.79. The molecule has 5 nitrogen and oxygen atoms in total. The number of nitrogens with zero attached hydrogens (tertiary/aromatic N) is 1. The van der Waals surface area contributed by atoms with E-state index in [9.17, 15) is 4.79 Å². The van der Waals surface area contributed by atoms with Gasteiger partial charge in [-0.05, 0) is 54.7 Å². The SMILES string of the molecule is O=c1c2c([nH]c3ccc(Cl)cc13)CC(c1ccc(Cl)cc1Cl)CC2=NCCNCCO. The molecule has 1 aliphatic carbocycles. The fourth-order valence-corrected chi connectivity index (χ4v) is 4.83. The van der Waals surface area contributed by atoms with Gasteiger partial charge in [0.2, 0.25) is 0 Å². The molecule has 1 aliphatic rings. The number of nitrogens with one attached hydrogen (secondary N) is 2. The van der Waals surface area contributed by atoms with Gasteiger partial charge in [-0.25, -0.2) is 0 Å². The van der Waals surface area contributed by atoms with Crippen molar-refractivity contribution in [2.75, 3.05) is 26.2 Å². The maximum absolute atomic E-state index is 13.4. The molecule has 3 aromatic rings. The highest BCUT2D eigenvalue weighted by Gasteiger charge is 2.29. The van der Waals surface area contributed by atoms with Crippen LogP contribution in [0, 0.1) is 0 Å². The van der Waals surface area contributed by atoms with E-state index in [4.69, 9.17) is 44.9 Å². The van der Waals surface area contributed by atoms with Gasteiger partial charge in [0.25, 0.3) is 0 Å². The molecule has 162 valence electrons. The smallest absolute Gasteiger partial charge is 0.198 e. The third kappa shape index (κ3) is 4.81. The van der Waals surface area contributed by atoms with Gasteiger partial charge < -0.3 is 15.4 Å². The van der Waals surface area contributed by atoms with Crippen molar-refractivity contribution in [3.8, 4) is 0 Å². The van der Waals surface area contributed by atoms with Crippen LogP contribution in [0.25, 0.3) is 10.9 Å². The number of halogens is 3. The van der Waals surface area contributed by atoms with Crippen molar-refractivity contribution in [3.63, 3.8) is 0 Å². The van der Waals surface area contributed by atoms with Gasteiger partial charge in [-0.1, -0.05) is 40.9 Å². The quantitative estimate of drug-likeness (QED) is 0.454. The maximum Gasteiger partial charge on any atom is 0.198 e. The average molecular weight is 479 g/mol. The Morgan fingerprint density at radius 3 is 2.61 bits per heavy atom. The molecule has 0 spiro atoms. The summed E-state index contributed by atoms with van der Waals surface area (Å²) in [6, 6.07) is 10.8. The summed E-state index contributed by atoms with van der Waals surface area (Å²) in [4.78, 5) is 21.6. The molecule has 2 aromatic carbocycles. The fraction of sp³-hybridized carbons (Fsp3) is 0.304. The van der Waals surface area contributed by atoms with Crippen molar-refractivity contribution < 1.29 is 5.11 Å². The molecule has 0 aliphatic heterocycles. The second kappa shape index (κ2) is 9.72. The van der Waals surface area contributed by atoms with E-state index in [2.05, 4.69) is 10.3 Å². The van der Waals surface area contributed by atoms with E-state index in [0.717, 1.165) is 22.5 Å². The summed E-state index contributed by atoms with van der Waals surface area (Å²) >= 11 is 18.7. The van der Waals surface area contributed by atoms with Crippen LogP contribution in [0.2, 0.25) is 15.1 Å². The van der Waals surface area contributed by atoms with Gasteiger partial charge in [-0.2, -0.15) is 0 Å². The molecule has 0 radical (unpaired) electrons. The molecule has 1 unspecified atom stereocenters. The number of pyridine rings is 1. The van der Waals surface area contributed by atoms with E-state index >= 15 is 0 Å². The molecule has 0 amide bonds. The van der Waals surface area contributed by atoms with Crippen molar-refractivity contribution in [2.45, 2.75) is 18.8 Å². The Labute approximate surface area is 195 Å². The second-order valence-corrected chi connectivity index (χ2v) is 8.85. The van der Waals surface area contributed by atoms with Crippen molar-refractivity contribution in [1.29, 1.82) is 0 Å². The molecule has 1 heterocycles. The molecule has 8 heteroatoms. The fourth-order valence-electron chi connectivity index (χ4n) is 4.09. The van der Waals surface area contributed by atoms with Gasteiger partial charge in [-0.3, -0.25) is 9.79 Å². The van der Waals surface area contributed by atoms with Crippen LogP contribution < -0.4 is 10.7 Å². The molecular formula is C23H22Cl3N3O2. The first-order valence-corrected chi connectivity index (χ1v) is 11.3. The van der Waals surface area contributed by atoms with Crippen LogP contribution in [-0.2, 0) is 6.42 Å². The number of aromatic nitrogens is 1. The average Bonchev–Trinajstić information content (AvgIpc) is 2.74. The predicted molar refractivity (Wildman–Crippen MR) is 128 cm³/mol. The minimum atomic E-state index is -0.0611. The maximum atomic E-state index is 13.4. The number of aliphatic hydroxyl groups excluding tert-OH is 1. The van der Waals surface area contributed by atoms with Crippen LogP contribution in [0.3, 0.4) is 0 Å². The molecule has 1 atom stereocenters. The minimum absolute atomic E-state index is 0.0611. The Morgan fingerprint density at radius 1 is 1.06 bits per heavy atom. The summed E-state index contributed by atoms with van der Waals surface area (Å²) in [7, 11) is 0. The number of aliphatic imine (C=N–C) groups is 1. The van der Waals surface area contributed by atoms with Crippen LogP contribution in [0.5, 0.6) is 0 Å². The molecule has 3 N–H and O–H groups in total. The molecule has 31 heavy (non-hydrogen) atoms. The summed E-state index contributed by atoms with van der Waals surface area (Å²) in [6.45, 7) is 1.70. The number of hydrogen-bond acceptors (Lipinski definition) is 4. The van der Waals surface area contributed by atoms with Crippen LogP contribution in [0.1, 0.15) is 29.2 Å². The van der Waals surface area contributed by atoms with Crippen molar-refractivity contribution in [3.05, 3.63) is 78.5 Å². The van der Waals surface area contributed by atoms with E-state index in [1.54, 1.807) is 18.2 Å². The monoisotopic (exact) mass is 477 g/mol. The zero-order valence-corrected chi connectivity index (χ0v) is 19.0. The first-order chi connectivity index (χ1) is 15.0. The molecule has 0 bridgehead atoms. The van der Waals surface area contributed by atoms with Crippen LogP contribution in [0.4, 0.5) is 0 Å². The highest BCUT2D eigenvalue weighted by molar-refractivity contribution is 6.35. The lowest BCUT2D eigenvalue weighted by Gasteiger charge is -2.27. The van der Waals surface area contributed by atoms with Crippen LogP contribution in [-0.4, -0.2) is 42.0 Å². The third-order valence-corrected chi connectivity index (χ3v) is 6.30. The van der Waals surface area contributed by atoms with Crippen molar-refractivity contribution in [1.82, 2.24) is 10.3 Å². The summed E-state index contributed by atoms with van der Waals surface area (Å²) in [5.41, 5.74) is 3.91. The second-order valence-electron chi connectivity index (χ2n) is 7.57. The standard InChI is InChI=1S/C23H22Cl3N3O2/c24-14-2-4-19-17(11-14)23(31)22-20(28-6-5-27-7-8-30)9-13(10-21(22)29-19)16-3-1-15(25)12-18(16)26/h1-4,11-13,27,30H,5-10H2,(H,29,31). The number of rotatable bonds is 6. The lowest BCUT2D eigenvalue weighted by atomic mass is 9.80. The highest BCUT2D eigenvalue weighted by atomic mass is 35.5. The van der Waals surface area contributed by atoms with E-state index in [1.807, 2.05) is 18.2 Å². The van der Waals surface area contributed by atoms with Gasteiger partial charge in [-0.15, -0.1) is 0 Å². The third-order valence-electron chi connectivity index (χ3n) is 5.50. The zero-order valence-electron chi connectivity index (χ0n) is 16.7. The number of fused-ring (bicyclic) bond motifs is 2. The number of aliphatic hydroxyl groups is 1. The topological polar surface area (TPSA) is 77.5 Å².